The molecule has 2 aromatic carbocycles. The Kier molecular flexibility index (Phi) is 5.16. The molecule has 0 aliphatic carbocycles. The van der Waals surface area contributed by atoms with E-state index in [9.17, 15) is 9.90 Å². The lowest BCUT2D eigenvalue weighted by molar-refractivity contribution is -0.136. The van der Waals surface area contributed by atoms with Crippen LogP contribution in [0.25, 0.3) is 17.3 Å². The van der Waals surface area contributed by atoms with E-state index in [1.54, 1.807) is 30.4 Å². The second-order valence-corrected chi connectivity index (χ2v) is 6.13. The third-order valence-corrected chi connectivity index (χ3v) is 4.25. The number of aromatic hydroxyl groups is 1. The number of hydrogen-bond donors (Lipinski definition) is 1. The van der Waals surface area contributed by atoms with Crippen LogP contribution in [-0.4, -0.2) is 21.9 Å². The molecule has 0 bridgehead atoms. The zero-order valence-corrected chi connectivity index (χ0v) is 15.2. The molecule has 1 aliphatic heterocycles. The molecule has 1 aromatic heterocycles. The average molecular weight is 384 g/mol. The van der Waals surface area contributed by atoms with Crippen molar-refractivity contribution >= 4 is 17.8 Å². The minimum absolute atomic E-state index is 0.260. The highest BCUT2D eigenvalue weighted by molar-refractivity contribution is 6.28. The van der Waals surface area contributed by atoms with Gasteiger partial charge in [0.15, 0.2) is 0 Å². The predicted molar refractivity (Wildman–Crippen MR) is 109 cm³/mol. The number of nitrogens with zero attached hydrogens (tertiary/aromatic N) is 2. The molecule has 29 heavy (non-hydrogen) atoms. The number of benzene rings is 2. The van der Waals surface area contributed by atoms with Crippen LogP contribution in [-0.2, 0) is 9.63 Å². The highest BCUT2D eigenvalue weighted by Gasteiger charge is 2.25. The van der Waals surface area contributed by atoms with Crippen molar-refractivity contribution in [1.29, 1.82) is 0 Å². The van der Waals surface area contributed by atoms with Crippen LogP contribution in [0.5, 0.6) is 5.95 Å². The molecule has 6 heteroatoms. The van der Waals surface area contributed by atoms with Crippen LogP contribution in [0.3, 0.4) is 0 Å². The summed E-state index contributed by atoms with van der Waals surface area (Å²) in [6, 6.07) is 18.8. The number of oxime groups is 1. The number of carbonyl (C=O) groups excluding carboxylic acids is 1. The quantitative estimate of drug-likeness (QED) is 0.398. The zero-order valence-electron chi connectivity index (χ0n) is 15.2. The Balaban J connectivity index is 1.53. The van der Waals surface area contributed by atoms with Gasteiger partial charge in [-0.25, -0.2) is 4.79 Å². The van der Waals surface area contributed by atoms with Crippen LogP contribution in [0.1, 0.15) is 11.1 Å². The van der Waals surface area contributed by atoms with Crippen LogP contribution >= 0.6 is 0 Å². The summed E-state index contributed by atoms with van der Waals surface area (Å²) in [6.07, 6.45) is 8.46. The molecule has 0 radical (unpaired) electrons. The van der Waals surface area contributed by atoms with Crippen LogP contribution < -0.4 is 0 Å². The van der Waals surface area contributed by atoms with E-state index in [0.717, 1.165) is 11.1 Å². The molecule has 1 aliphatic rings. The maximum atomic E-state index is 11.9. The summed E-state index contributed by atoms with van der Waals surface area (Å²) in [5, 5.41) is 17.7. The molecule has 0 saturated carbocycles. The summed E-state index contributed by atoms with van der Waals surface area (Å²) >= 11 is 0. The fourth-order valence-electron chi connectivity index (χ4n) is 2.84. The minimum atomic E-state index is -0.500. The zero-order chi connectivity index (χ0) is 20.1. The number of carbonyl (C=O) groups is 1. The van der Waals surface area contributed by atoms with Gasteiger partial charge in [0.05, 0.1) is 11.1 Å². The predicted octanol–water partition coefficient (Wildman–Crippen LogP) is 4.50. The first kappa shape index (κ1) is 18.2. The Morgan fingerprint density at radius 1 is 0.862 bits per heavy atom. The number of rotatable bonds is 5. The minimum Gasteiger partial charge on any atom is -0.479 e. The molecule has 0 unspecified atom stereocenters. The van der Waals surface area contributed by atoms with Crippen molar-refractivity contribution in [2.45, 2.75) is 0 Å². The van der Waals surface area contributed by atoms with Gasteiger partial charge in [-0.15, -0.1) is 0 Å². The fraction of sp³-hybridized carbons (Fsp3) is 0. The Hall–Kier alpha value is -4.19. The van der Waals surface area contributed by atoms with Gasteiger partial charge in [-0.05, 0) is 12.2 Å². The Labute approximate surface area is 166 Å². The molecular weight excluding hydrogens is 368 g/mol. The molecule has 142 valence electrons. The highest BCUT2D eigenvalue weighted by atomic mass is 16.7. The van der Waals surface area contributed by atoms with Crippen molar-refractivity contribution in [3.05, 3.63) is 102 Å². The lowest BCUT2D eigenvalue weighted by Crippen LogP contribution is -2.06. The largest absolute Gasteiger partial charge is 0.479 e. The molecule has 2 heterocycles. The van der Waals surface area contributed by atoms with Crippen molar-refractivity contribution in [3.8, 4) is 17.2 Å². The first-order valence-corrected chi connectivity index (χ1v) is 8.88. The van der Waals surface area contributed by atoms with E-state index < -0.39 is 5.97 Å². The van der Waals surface area contributed by atoms with Crippen molar-refractivity contribution in [2.75, 3.05) is 0 Å². The summed E-state index contributed by atoms with van der Waals surface area (Å²) in [7, 11) is 0. The van der Waals surface area contributed by atoms with Gasteiger partial charge >= 0.3 is 11.9 Å². The maximum absolute atomic E-state index is 11.9. The van der Waals surface area contributed by atoms with Crippen molar-refractivity contribution in [3.63, 3.8) is 0 Å². The lowest BCUT2D eigenvalue weighted by Gasteiger charge is -1.98. The second kappa shape index (κ2) is 8.22. The molecule has 0 amide bonds. The van der Waals surface area contributed by atoms with Crippen LogP contribution in [0, 0.1) is 0 Å². The van der Waals surface area contributed by atoms with E-state index in [4.69, 9.17) is 9.36 Å². The third-order valence-electron chi connectivity index (χ3n) is 4.25. The van der Waals surface area contributed by atoms with E-state index in [0.29, 0.717) is 22.5 Å². The molecule has 1 N–H and O–H groups in total. The molecule has 0 atom stereocenters. The molecule has 4 rings (SSSR count). The molecule has 0 spiro atoms. The SMILES string of the molecule is O=C1ON=C(c2ccccc2)/C1=C/C=C/C=C\c1c(-c2ccccc2)noc1O. The van der Waals surface area contributed by atoms with Gasteiger partial charge in [-0.1, -0.05) is 89.2 Å². The van der Waals surface area contributed by atoms with E-state index >= 15 is 0 Å². The highest BCUT2D eigenvalue weighted by Crippen LogP contribution is 2.30. The summed E-state index contributed by atoms with van der Waals surface area (Å²) in [5.41, 5.74) is 3.52. The number of allylic oxidation sites excluding steroid dienone is 4. The molecule has 0 saturated heterocycles. The van der Waals surface area contributed by atoms with Gasteiger partial charge in [0, 0.05) is 11.1 Å². The molecular formula is C23H16N2O4. The van der Waals surface area contributed by atoms with Crippen molar-refractivity contribution in [2.24, 2.45) is 5.16 Å². The van der Waals surface area contributed by atoms with Crippen LogP contribution in [0.4, 0.5) is 0 Å². The van der Waals surface area contributed by atoms with E-state index in [-0.39, 0.29) is 5.95 Å². The van der Waals surface area contributed by atoms with E-state index in [2.05, 4.69) is 10.3 Å². The van der Waals surface area contributed by atoms with Crippen molar-refractivity contribution in [1.82, 2.24) is 5.16 Å². The van der Waals surface area contributed by atoms with Gasteiger partial charge in [0.1, 0.15) is 11.4 Å². The Morgan fingerprint density at radius 3 is 2.28 bits per heavy atom. The summed E-state index contributed by atoms with van der Waals surface area (Å²) < 4.78 is 4.91. The molecule has 6 nitrogen and oxygen atoms in total. The van der Waals surface area contributed by atoms with Crippen LogP contribution in [0.15, 0.2) is 100 Å². The monoisotopic (exact) mass is 384 g/mol. The standard InChI is InChI=1S/C23H16N2O4/c26-22-18(20(24-28-22)16-10-4-1-5-11-16)14-8-3-9-15-19-21(25-29-23(19)27)17-12-6-2-7-13-17/h1-15,26H/b9-3+,14-8-,19-15-. The van der Waals surface area contributed by atoms with Crippen LogP contribution in [0.2, 0.25) is 0 Å². The normalized spacial score (nSPS) is 15.4. The second-order valence-electron chi connectivity index (χ2n) is 6.13. The number of hydrogen-bond acceptors (Lipinski definition) is 6. The van der Waals surface area contributed by atoms with Gasteiger partial charge in [-0.2, -0.15) is 0 Å². The summed E-state index contributed by atoms with van der Waals surface area (Å²) in [6.45, 7) is 0. The Bertz CT molecular complexity index is 1140. The van der Waals surface area contributed by atoms with Gasteiger partial charge in [0.25, 0.3) is 0 Å². The average Bonchev–Trinajstić information content (AvgIpc) is 3.32. The first-order valence-electron chi connectivity index (χ1n) is 8.88. The first-order chi connectivity index (χ1) is 14.2. The maximum Gasteiger partial charge on any atom is 0.368 e. The lowest BCUT2D eigenvalue weighted by atomic mass is 10.0. The fourth-order valence-corrected chi connectivity index (χ4v) is 2.84. The smallest absolute Gasteiger partial charge is 0.368 e. The van der Waals surface area contributed by atoms with E-state index in [1.165, 1.54) is 0 Å². The van der Waals surface area contributed by atoms with Gasteiger partial charge < -0.3 is 14.5 Å². The van der Waals surface area contributed by atoms with E-state index in [1.807, 2.05) is 60.7 Å². The Morgan fingerprint density at radius 2 is 1.55 bits per heavy atom. The summed E-state index contributed by atoms with van der Waals surface area (Å²) in [5.74, 6) is -0.759. The summed E-state index contributed by atoms with van der Waals surface area (Å²) in [4.78, 5) is 16.7. The third kappa shape index (κ3) is 3.91. The molecule has 3 aromatic rings. The van der Waals surface area contributed by atoms with Crippen molar-refractivity contribution < 1.29 is 19.3 Å². The van der Waals surface area contributed by atoms with Gasteiger partial charge in [0.2, 0.25) is 0 Å². The molecule has 0 fully saturated rings. The van der Waals surface area contributed by atoms with Gasteiger partial charge in [-0.3, -0.25) is 0 Å². The topological polar surface area (TPSA) is 84.9 Å². The number of aromatic nitrogens is 1.